The molecule has 0 aromatic heterocycles. The lowest BCUT2D eigenvalue weighted by molar-refractivity contribution is 0.291. The Hall–Kier alpha value is -0.170. The zero-order chi connectivity index (χ0) is 14.8. The van der Waals surface area contributed by atoms with Crippen LogP contribution in [0.1, 0.15) is 46.0 Å². The van der Waals surface area contributed by atoms with E-state index in [1.54, 1.807) is 11.4 Å². The molecule has 118 valence electrons. The van der Waals surface area contributed by atoms with Gasteiger partial charge in [0.25, 0.3) is 10.2 Å². The molecule has 1 saturated carbocycles. The Kier molecular flexibility index (Phi) is 5.45. The van der Waals surface area contributed by atoms with E-state index >= 15 is 0 Å². The quantitative estimate of drug-likeness (QED) is 0.690. The second-order valence-electron chi connectivity index (χ2n) is 6.48. The van der Waals surface area contributed by atoms with Crippen molar-refractivity contribution in [2.24, 2.45) is 5.92 Å². The Morgan fingerprint density at radius 2 is 2.00 bits per heavy atom. The van der Waals surface area contributed by atoms with E-state index in [1.807, 2.05) is 0 Å². The highest BCUT2D eigenvalue weighted by Crippen LogP contribution is 2.27. The van der Waals surface area contributed by atoms with Crippen LogP contribution in [0.5, 0.6) is 0 Å². The molecule has 1 N–H and O–H groups in total. The molecule has 0 aromatic carbocycles. The maximum atomic E-state index is 12.6. The monoisotopic (exact) mass is 303 g/mol. The lowest BCUT2D eigenvalue weighted by Crippen LogP contribution is -2.46. The summed E-state index contributed by atoms with van der Waals surface area (Å²) in [6.07, 6.45) is 5.41. The molecule has 2 aliphatic rings. The van der Waals surface area contributed by atoms with Crippen molar-refractivity contribution in [2.45, 2.75) is 58.0 Å². The van der Waals surface area contributed by atoms with Gasteiger partial charge in [0, 0.05) is 32.2 Å². The van der Waals surface area contributed by atoms with E-state index in [-0.39, 0.29) is 6.04 Å². The van der Waals surface area contributed by atoms with Gasteiger partial charge in [-0.25, -0.2) is 0 Å². The van der Waals surface area contributed by atoms with Gasteiger partial charge in [0.05, 0.1) is 0 Å². The molecule has 0 bridgehead atoms. The normalized spacial score (nSPS) is 24.9. The Labute approximate surface area is 123 Å². The first kappa shape index (κ1) is 16.2. The highest BCUT2D eigenvalue weighted by molar-refractivity contribution is 7.86. The minimum atomic E-state index is -3.28. The van der Waals surface area contributed by atoms with Crippen LogP contribution >= 0.6 is 0 Å². The number of hydrogen-bond acceptors (Lipinski definition) is 3. The zero-order valence-corrected chi connectivity index (χ0v) is 13.8. The van der Waals surface area contributed by atoms with Gasteiger partial charge in [-0.3, -0.25) is 0 Å². The third-order valence-electron chi connectivity index (χ3n) is 4.37. The van der Waals surface area contributed by atoms with Crippen molar-refractivity contribution >= 4 is 10.2 Å². The van der Waals surface area contributed by atoms with E-state index in [4.69, 9.17) is 0 Å². The summed E-state index contributed by atoms with van der Waals surface area (Å²) in [5, 5.41) is 3.42. The van der Waals surface area contributed by atoms with Crippen molar-refractivity contribution < 1.29 is 8.42 Å². The average molecular weight is 303 g/mol. The van der Waals surface area contributed by atoms with E-state index in [9.17, 15) is 8.42 Å². The fourth-order valence-electron chi connectivity index (χ4n) is 2.91. The van der Waals surface area contributed by atoms with Crippen LogP contribution in [0.15, 0.2) is 0 Å². The van der Waals surface area contributed by atoms with Crippen LogP contribution in [0, 0.1) is 5.92 Å². The van der Waals surface area contributed by atoms with Crippen LogP contribution in [-0.4, -0.2) is 55.8 Å². The van der Waals surface area contributed by atoms with Crippen molar-refractivity contribution in [3.8, 4) is 0 Å². The molecule has 5 nitrogen and oxygen atoms in total. The molecule has 0 spiro atoms. The van der Waals surface area contributed by atoms with Crippen molar-refractivity contribution in [1.82, 2.24) is 13.9 Å². The number of nitrogens with one attached hydrogen (secondary N) is 1. The summed E-state index contributed by atoms with van der Waals surface area (Å²) in [7, 11) is -1.57. The number of hydrogen-bond donors (Lipinski definition) is 1. The second-order valence-corrected chi connectivity index (χ2v) is 8.46. The molecular formula is C14H29N3O2S. The third kappa shape index (κ3) is 3.93. The molecule has 1 saturated heterocycles. The van der Waals surface area contributed by atoms with Gasteiger partial charge in [-0.1, -0.05) is 13.8 Å². The van der Waals surface area contributed by atoms with E-state index < -0.39 is 10.2 Å². The van der Waals surface area contributed by atoms with Crippen molar-refractivity contribution in [1.29, 1.82) is 0 Å². The standard InChI is InChI=1S/C14H29N3O2S/c1-12(2)14-6-4-11-17(14)20(18,19)16(3)10-5-9-15-13-7-8-13/h12-15H,4-11H2,1-3H3. The van der Waals surface area contributed by atoms with Gasteiger partial charge in [-0.2, -0.15) is 17.0 Å². The predicted octanol–water partition coefficient (Wildman–Crippen LogP) is 1.43. The van der Waals surface area contributed by atoms with Crippen LogP contribution in [0.2, 0.25) is 0 Å². The molecule has 20 heavy (non-hydrogen) atoms. The highest BCUT2D eigenvalue weighted by atomic mass is 32.2. The summed E-state index contributed by atoms with van der Waals surface area (Å²) in [5.74, 6) is 0.386. The summed E-state index contributed by atoms with van der Waals surface area (Å²) >= 11 is 0. The Morgan fingerprint density at radius 1 is 1.30 bits per heavy atom. The molecule has 2 fully saturated rings. The molecule has 6 heteroatoms. The Balaban J connectivity index is 1.83. The van der Waals surface area contributed by atoms with E-state index in [1.165, 1.54) is 17.1 Å². The summed E-state index contributed by atoms with van der Waals surface area (Å²) in [5.41, 5.74) is 0. The molecule has 0 amide bonds. The molecule has 0 radical (unpaired) electrons. The van der Waals surface area contributed by atoms with Crippen molar-refractivity contribution in [3.63, 3.8) is 0 Å². The summed E-state index contributed by atoms with van der Waals surface area (Å²) < 4.78 is 28.5. The molecule has 1 heterocycles. The third-order valence-corrected chi connectivity index (χ3v) is 6.38. The molecular weight excluding hydrogens is 274 g/mol. The number of nitrogens with zero attached hydrogens (tertiary/aromatic N) is 2. The van der Waals surface area contributed by atoms with Gasteiger partial charge < -0.3 is 5.32 Å². The maximum absolute atomic E-state index is 12.6. The lowest BCUT2D eigenvalue weighted by atomic mass is 10.0. The summed E-state index contributed by atoms with van der Waals surface area (Å²) in [6, 6.07) is 0.868. The minimum Gasteiger partial charge on any atom is -0.314 e. The predicted molar refractivity (Wildman–Crippen MR) is 81.8 cm³/mol. The maximum Gasteiger partial charge on any atom is 0.281 e. The first-order valence-electron chi connectivity index (χ1n) is 7.89. The summed E-state index contributed by atoms with van der Waals surface area (Å²) in [6.45, 7) is 6.41. The van der Waals surface area contributed by atoms with Gasteiger partial charge >= 0.3 is 0 Å². The van der Waals surface area contributed by atoms with E-state index in [0.717, 1.165) is 25.8 Å². The van der Waals surface area contributed by atoms with Crippen LogP contribution in [0.25, 0.3) is 0 Å². The van der Waals surface area contributed by atoms with E-state index in [2.05, 4.69) is 19.2 Å². The molecule has 1 unspecified atom stereocenters. The summed E-state index contributed by atoms with van der Waals surface area (Å²) in [4.78, 5) is 0. The largest absolute Gasteiger partial charge is 0.314 e. The van der Waals surface area contributed by atoms with Gasteiger partial charge in [-0.05, 0) is 44.6 Å². The van der Waals surface area contributed by atoms with Gasteiger partial charge in [-0.15, -0.1) is 0 Å². The fraction of sp³-hybridized carbons (Fsp3) is 1.00. The Bertz CT molecular complexity index is 407. The Morgan fingerprint density at radius 3 is 2.60 bits per heavy atom. The van der Waals surface area contributed by atoms with Crippen LogP contribution in [0.4, 0.5) is 0 Å². The fourth-order valence-corrected chi connectivity index (χ4v) is 4.68. The first-order valence-corrected chi connectivity index (χ1v) is 9.29. The van der Waals surface area contributed by atoms with Crippen LogP contribution in [-0.2, 0) is 10.2 Å². The molecule has 2 rings (SSSR count). The van der Waals surface area contributed by atoms with Gasteiger partial charge in [0.15, 0.2) is 0 Å². The van der Waals surface area contributed by atoms with E-state index in [0.29, 0.717) is 25.0 Å². The molecule has 1 aliphatic heterocycles. The first-order chi connectivity index (χ1) is 9.43. The minimum absolute atomic E-state index is 0.173. The lowest BCUT2D eigenvalue weighted by Gasteiger charge is -2.30. The SMILES string of the molecule is CC(C)C1CCCN1S(=O)(=O)N(C)CCCNC1CC1. The molecule has 0 aromatic rings. The van der Waals surface area contributed by atoms with Gasteiger partial charge in [0.2, 0.25) is 0 Å². The molecule has 1 aliphatic carbocycles. The van der Waals surface area contributed by atoms with Gasteiger partial charge in [0.1, 0.15) is 0 Å². The van der Waals surface area contributed by atoms with Crippen LogP contribution < -0.4 is 5.32 Å². The average Bonchev–Trinajstić information content (AvgIpc) is 3.06. The number of rotatable bonds is 8. The second kappa shape index (κ2) is 6.73. The molecule has 1 atom stereocenters. The zero-order valence-electron chi connectivity index (χ0n) is 13.0. The van der Waals surface area contributed by atoms with Crippen molar-refractivity contribution in [3.05, 3.63) is 0 Å². The smallest absolute Gasteiger partial charge is 0.281 e. The topological polar surface area (TPSA) is 52.7 Å². The van der Waals surface area contributed by atoms with Crippen molar-refractivity contribution in [2.75, 3.05) is 26.7 Å². The highest BCUT2D eigenvalue weighted by Gasteiger charge is 2.37. The van der Waals surface area contributed by atoms with Crippen LogP contribution in [0.3, 0.4) is 0 Å².